The number of rotatable bonds is 6. The zero-order chi connectivity index (χ0) is 16.0. The van der Waals surface area contributed by atoms with E-state index in [-0.39, 0.29) is 18.1 Å². The number of nitrogens with zero attached hydrogens (tertiary/aromatic N) is 1. The zero-order valence-corrected chi connectivity index (χ0v) is 13.2. The van der Waals surface area contributed by atoms with Crippen LogP contribution < -0.4 is 5.32 Å². The summed E-state index contributed by atoms with van der Waals surface area (Å²) in [6, 6.07) is 3.30. The van der Waals surface area contributed by atoms with E-state index >= 15 is 0 Å². The molecule has 21 heavy (non-hydrogen) atoms. The van der Waals surface area contributed by atoms with Crippen molar-refractivity contribution in [2.75, 3.05) is 37.5 Å². The van der Waals surface area contributed by atoms with Gasteiger partial charge in [0.15, 0.2) is 0 Å². The first-order valence-corrected chi connectivity index (χ1v) is 7.85. The lowest BCUT2D eigenvalue weighted by atomic mass is 10.2. The number of amides is 1. The maximum absolute atomic E-state index is 12.7. The highest BCUT2D eigenvalue weighted by Gasteiger charge is 2.33. The minimum atomic E-state index is -4.55. The standard InChI is InChI=1S/C13H16ClF3N2OS/c1-19(5-6-21-2)8-12(20)18-9-3-4-11(14)10(7-9)13(15,16)17/h3-4,7H,5-6,8H2,1-2H3,(H,18,20). The molecule has 1 N–H and O–H groups in total. The molecular weight excluding hydrogens is 325 g/mol. The molecule has 0 bridgehead atoms. The van der Waals surface area contributed by atoms with Crippen LogP contribution in [0.25, 0.3) is 0 Å². The number of hydrogen-bond donors (Lipinski definition) is 1. The Morgan fingerprint density at radius 3 is 2.67 bits per heavy atom. The highest BCUT2D eigenvalue weighted by molar-refractivity contribution is 7.98. The summed E-state index contributed by atoms with van der Waals surface area (Å²) < 4.78 is 38.1. The molecule has 0 radical (unpaired) electrons. The van der Waals surface area contributed by atoms with E-state index < -0.39 is 16.8 Å². The van der Waals surface area contributed by atoms with Crippen LogP contribution in [0.1, 0.15) is 5.56 Å². The minimum Gasteiger partial charge on any atom is -0.325 e. The van der Waals surface area contributed by atoms with Crippen molar-refractivity contribution in [2.45, 2.75) is 6.18 Å². The average molecular weight is 341 g/mol. The van der Waals surface area contributed by atoms with Gasteiger partial charge in [-0.25, -0.2) is 0 Å². The highest BCUT2D eigenvalue weighted by atomic mass is 35.5. The molecule has 0 aliphatic rings. The van der Waals surface area contributed by atoms with E-state index in [1.54, 1.807) is 23.7 Å². The lowest BCUT2D eigenvalue weighted by Crippen LogP contribution is -2.31. The molecule has 0 spiro atoms. The summed E-state index contributed by atoms with van der Waals surface area (Å²) in [5.74, 6) is 0.511. The molecule has 3 nitrogen and oxygen atoms in total. The number of carbonyl (C=O) groups excluding carboxylic acids is 1. The first-order valence-electron chi connectivity index (χ1n) is 6.08. The smallest absolute Gasteiger partial charge is 0.325 e. The van der Waals surface area contributed by atoms with Gasteiger partial charge >= 0.3 is 6.18 Å². The van der Waals surface area contributed by atoms with E-state index in [0.717, 1.165) is 24.4 Å². The molecule has 0 heterocycles. The van der Waals surface area contributed by atoms with E-state index in [1.807, 2.05) is 6.26 Å². The van der Waals surface area contributed by atoms with Gasteiger partial charge in [-0.1, -0.05) is 11.6 Å². The zero-order valence-electron chi connectivity index (χ0n) is 11.6. The van der Waals surface area contributed by atoms with Crippen molar-refractivity contribution in [3.8, 4) is 0 Å². The lowest BCUT2D eigenvalue weighted by molar-refractivity contribution is -0.137. The van der Waals surface area contributed by atoms with Gasteiger partial charge in [-0.2, -0.15) is 24.9 Å². The van der Waals surface area contributed by atoms with Crippen molar-refractivity contribution >= 4 is 35.0 Å². The summed E-state index contributed by atoms with van der Waals surface area (Å²) in [6.07, 6.45) is -2.59. The fourth-order valence-electron chi connectivity index (χ4n) is 1.59. The topological polar surface area (TPSA) is 32.3 Å². The average Bonchev–Trinajstić information content (AvgIpc) is 2.37. The van der Waals surface area contributed by atoms with Crippen LogP contribution in [0.3, 0.4) is 0 Å². The van der Waals surface area contributed by atoms with Crippen LogP contribution in [0, 0.1) is 0 Å². The Bertz CT molecular complexity index is 497. The van der Waals surface area contributed by atoms with Crippen LogP contribution in [-0.4, -0.2) is 43.0 Å². The molecule has 8 heteroatoms. The largest absolute Gasteiger partial charge is 0.417 e. The Kier molecular flexibility index (Phi) is 6.83. The van der Waals surface area contributed by atoms with Crippen LogP contribution in [0.15, 0.2) is 18.2 Å². The van der Waals surface area contributed by atoms with Crippen LogP contribution >= 0.6 is 23.4 Å². The van der Waals surface area contributed by atoms with E-state index in [9.17, 15) is 18.0 Å². The van der Waals surface area contributed by atoms with Gasteiger partial charge < -0.3 is 5.32 Å². The quantitative estimate of drug-likeness (QED) is 0.859. The number of benzene rings is 1. The maximum Gasteiger partial charge on any atom is 0.417 e. The van der Waals surface area contributed by atoms with Crippen LogP contribution in [0.2, 0.25) is 5.02 Å². The SMILES string of the molecule is CSCCN(C)CC(=O)Nc1ccc(Cl)c(C(F)(F)F)c1. The second kappa shape index (κ2) is 7.91. The third kappa shape index (κ3) is 6.15. The molecule has 1 amide bonds. The van der Waals surface area contributed by atoms with Gasteiger partial charge in [-0.05, 0) is 31.5 Å². The first kappa shape index (κ1) is 18.1. The predicted octanol–water partition coefficient (Wildman–Crippen LogP) is 3.59. The molecule has 0 aliphatic carbocycles. The van der Waals surface area contributed by atoms with Gasteiger partial charge in [0, 0.05) is 18.0 Å². The molecule has 1 aromatic carbocycles. The van der Waals surface area contributed by atoms with Gasteiger partial charge in [-0.3, -0.25) is 9.69 Å². The molecular formula is C13H16ClF3N2OS. The van der Waals surface area contributed by atoms with Crippen molar-refractivity contribution in [3.63, 3.8) is 0 Å². The molecule has 0 fully saturated rings. The summed E-state index contributed by atoms with van der Waals surface area (Å²) in [7, 11) is 1.78. The molecule has 0 aliphatic heterocycles. The van der Waals surface area contributed by atoms with Crippen molar-refractivity contribution in [1.82, 2.24) is 4.90 Å². The maximum atomic E-state index is 12.7. The number of likely N-dealkylation sites (N-methyl/N-ethyl adjacent to an activating group) is 1. The number of carbonyl (C=O) groups is 1. The number of alkyl halides is 3. The van der Waals surface area contributed by atoms with Gasteiger partial charge in [0.25, 0.3) is 0 Å². The third-order valence-corrected chi connectivity index (χ3v) is 3.57. The Morgan fingerprint density at radius 1 is 1.43 bits per heavy atom. The number of nitrogens with one attached hydrogen (secondary N) is 1. The molecule has 1 rings (SSSR count). The predicted molar refractivity (Wildman–Crippen MR) is 81.0 cm³/mol. The third-order valence-electron chi connectivity index (χ3n) is 2.65. The molecule has 0 saturated carbocycles. The van der Waals surface area contributed by atoms with Crippen LogP contribution in [-0.2, 0) is 11.0 Å². The fraction of sp³-hybridized carbons (Fsp3) is 0.462. The lowest BCUT2D eigenvalue weighted by Gasteiger charge is -2.16. The number of anilines is 1. The van der Waals surface area contributed by atoms with Crippen molar-refractivity contribution in [3.05, 3.63) is 28.8 Å². The van der Waals surface area contributed by atoms with Crippen LogP contribution in [0.4, 0.5) is 18.9 Å². The summed E-state index contributed by atoms with van der Waals surface area (Å²) >= 11 is 7.17. The Morgan fingerprint density at radius 2 is 2.10 bits per heavy atom. The van der Waals surface area contributed by atoms with Crippen LogP contribution in [0.5, 0.6) is 0 Å². The van der Waals surface area contributed by atoms with Gasteiger partial charge in [0.05, 0.1) is 17.1 Å². The normalized spacial score (nSPS) is 11.8. The first-order chi connectivity index (χ1) is 9.74. The van der Waals surface area contributed by atoms with E-state index in [1.165, 1.54) is 6.07 Å². The summed E-state index contributed by atoms with van der Waals surface area (Å²) in [5, 5.41) is 2.05. The summed E-state index contributed by atoms with van der Waals surface area (Å²) in [6.45, 7) is 0.841. The highest BCUT2D eigenvalue weighted by Crippen LogP contribution is 2.36. The molecule has 0 aromatic heterocycles. The van der Waals surface area contributed by atoms with E-state index in [2.05, 4.69) is 5.32 Å². The van der Waals surface area contributed by atoms with Gasteiger partial charge in [0.1, 0.15) is 0 Å². The molecule has 0 saturated heterocycles. The molecule has 0 atom stereocenters. The molecule has 118 valence electrons. The number of hydrogen-bond acceptors (Lipinski definition) is 3. The monoisotopic (exact) mass is 340 g/mol. The number of halogens is 4. The Hall–Kier alpha value is -0.920. The summed E-state index contributed by atoms with van der Waals surface area (Å²) in [5.41, 5.74) is -0.882. The molecule has 1 aromatic rings. The second-order valence-corrected chi connectivity index (χ2v) is 5.86. The molecule has 0 unspecified atom stereocenters. The van der Waals surface area contributed by atoms with E-state index in [4.69, 9.17) is 11.6 Å². The van der Waals surface area contributed by atoms with Crippen molar-refractivity contribution in [2.24, 2.45) is 0 Å². The van der Waals surface area contributed by atoms with Gasteiger partial charge in [-0.15, -0.1) is 0 Å². The van der Waals surface area contributed by atoms with Crippen molar-refractivity contribution < 1.29 is 18.0 Å². The fourth-order valence-corrected chi connectivity index (χ4v) is 2.31. The Balaban J connectivity index is 2.69. The minimum absolute atomic E-state index is 0.0787. The number of thioether (sulfide) groups is 1. The van der Waals surface area contributed by atoms with E-state index in [0.29, 0.717) is 0 Å². The summed E-state index contributed by atoms with van der Waals surface area (Å²) in [4.78, 5) is 13.6. The second-order valence-electron chi connectivity index (χ2n) is 4.47. The Labute approximate surface area is 130 Å². The van der Waals surface area contributed by atoms with Gasteiger partial charge in [0.2, 0.25) is 5.91 Å². The van der Waals surface area contributed by atoms with Crippen molar-refractivity contribution in [1.29, 1.82) is 0 Å².